The summed E-state index contributed by atoms with van der Waals surface area (Å²) < 4.78 is 16.7. The molecular weight excluding hydrogens is 225 g/mol. The number of ether oxygens (including phenoxy) is 1. The standard InChI is InChI=1S/C12H16FNO3/c1-6-7-14(12(3,4)5)10(15)11(16)17-8-9(2)13/h1H,2,7-8H2,3-5H3. The Balaban J connectivity index is 4.69. The van der Waals surface area contributed by atoms with Crippen LogP contribution in [0.2, 0.25) is 0 Å². The summed E-state index contributed by atoms with van der Waals surface area (Å²) in [6.45, 7) is 7.45. The first kappa shape index (κ1) is 15.2. The van der Waals surface area contributed by atoms with Gasteiger partial charge in [-0.15, -0.1) is 6.42 Å². The summed E-state index contributed by atoms with van der Waals surface area (Å²) >= 11 is 0. The maximum absolute atomic E-state index is 12.3. The summed E-state index contributed by atoms with van der Waals surface area (Å²) in [6, 6.07) is 0. The van der Waals surface area contributed by atoms with Gasteiger partial charge in [-0.2, -0.15) is 0 Å². The number of amides is 1. The van der Waals surface area contributed by atoms with Gasteiger partial charge in [0, 0.05) is 5.54 Å². The maximum atomic E-state index is 12.3. The van der Waals surface area contributed by atoms with Crippen molar-refractivity contribution in [3.8, 4) is 12.3 Å². The number of terminal acetylenes is 1. The summed E-state index contributed by atoms with van der Waals surface area (Å²) in [5.74, 6) is -0.584. The van der Waals surface area contributed by atoms with Crippen molar-refractivity contribution in [3.63, 3.8) is 0 Å². The Kier molecular flexibility index (Phi) is 5.39. The van der Waals surface area contributed by atoms with Gasteiger partial charge in [-0.05, 0) is 20.8 Å². The van der Waals surface area contributed by atoms with Gasteiger partial charge < -0.3 is 9.64 Å². The Hall–Kier alpha value is -1.83. The number of esters is 1. The largest absolute Gasteiger partial charge is 0.451 e. The van der Waals surface area contributed by atoms with Crippen LogP contribution in [0.4, 0.5) is 4.39 Å². The molecule has 0 aliphatic heterocycles. The van der Waals surface area contributed by atoms with Crippen molar-refractivity contribution in [3.05, 3.63) is 12.4 Å². The summed E-state index contributed by atoms with van der Waals surface area (Å²) in [5.41, 5.74) is -0.616. The molecule has 5 heteroatoms. The Bertz CT molecular complexity index is 363. The van der Waals surface area contributed by atoms with E-state index in [1.165, 1.54) is 4.90 Å². The van der Waals surface area contributed by atoms with Gasteiger partial charge >= 0.3 is 11.9 Å². The quantitative estimate of drug-likeness (QED) is 0.425. The molecule has 0 heterocycles. The van der Waals surface area contributed by atoms with Crippen LogP contribution in [-0.2, 0) is 14.3 Å². The summed E-state index contributed by atoms with van der Waals surface area (Å²) in [7, 11) is 0. The minimum absolute atomic E-state index is 0.0198. The van der Waals surface area contributed by atoms with Crippen molar-refractivity contribution in [2.45, 2.75) is 26.3 Å². The van der Waals surface area contributed by atoms with Crippen LogP contribution in [-0.4, -0.2) is 35.5 Å². The fourth-order valence-corrected chi connectivity index (χ4v) is 1.02. The molecule has 0 aliphatic rings. The molecule has 0 bridgehead atoms. The van der Waals surface area contributed by atoms with E-state index < -0.39 is 29.8 Å². The Morgan fingerprint density at radius 3 is 2.35 bits per heavy atom. The van der Waals surface area contributed by atoms with Crippen LogP contribution in [0.3, 0.4) is 0 Å². The van der Waals surface area contributed by atoms with Gasteiger partial charge in [0.1, 0.15) is 12.4 Å². The number of rotatable bonds is 3. The van der Waals surface area contributed by atoms with Gasteiger partial charge in [-0.3, -0.25) is 4.79 Å². The predicted octanol–water partition coefficient (Wildman–Crippen LogP) is 1.27. The maximum Gasteiger partial charge on any atom is 0.397 e. The molecule has 1 amide bonds. The minimum atomic E-state index is -1.14. The number of halogens is 1. The third kappa shape index (κ3) is 5.16. The van der Waals surface area contributed by atoms with Crippen LogP contribution in [0.1, 0.15) is 20.8 Å². The topological polar surface area (TPSA) is 46.6 Å². The smallest absolute Gasteiger partial charge is 0.397 e. The number of hydrogen-bond donors (Lipinski definition) is 0. The molecule has 0 saturated heterocycles. The van der Waals surface area contributed by atoms with E-state index in [0.29, 0.717) is 0 Å². The Morgan fingerprint density at radius 2 is 2.00 bits per heavy atom. The lowest BCUT2D eigenvalue weighted by Gasteiger charge is -2.33. The van der Waals surface area contributed by atoms with Crippen molar-refractivity contribution in [2.24, 2.45) is 0 Å². The van der Waals surface area contributed by atoms with E-state index in [0.717, 1.165) is 0 Å². The lowest BCUT2D eigenvalue weighted by atomic mass is 10.1. The van der Waals surface area contributed by atoms with E-state index in [1.807, 2.05) is 0 Å². The lowest BCUT2D eigenvalue weighted by molar-refractivity contribution is -0.161. The Morgan fingerprint density at radius 1 is 1.47 bits per heavy atom. The van der Waals surface area contributed by atoms with Crippen LogP contribution in [0, 0.1) is 12.3 Å². The molecule has 0 aromatic rings. The molecule has 4 nitrogen and oxygen atoms in total. The van der Waals surface area contributed by atoms with E-state index >= 15 is 0 Å². The summed E-state index contributed by atoms with van der Waals surface area (Å²) in [4.78, 5) is 24.2. The van der Waals surface area contributed by atoms with Gasteiger partial charge in [0.05, 0.1) is 6.54 Å². The zero-order valence-electron chi connectivity index (χ0n) is 10.2. The van der Waals surface area contributed by atoms with Gasteiger partial charge in [0.2, 0.25) is 0 Å². The fourth-order valence-electron chi connectivity index (χ4n) is 1.02. The number of carbonyl (C=O) groups is 2. The first-order valence-electron chi connectivity index (χ1n) is 4.95. The highest BCUT2D eigenvalue weighted by Gasteiger charge is 2.31. The average molecular weight is 241 g/mol. The number of nitrogens with zero attached hydrogens (tertiary/aromatic N) is 1. The first-order chi connectivity index (χ1) is 7.70. The highest BCUT2D eigenvalue weighted by atomic mass is 19.1. The molecule has 0 aliphatic carbocycles. The van der Waals surface area contributed by atoms with Crippen LogP contribution in [0.5, 0.6) is 0 Å². The van der Waals surface area contributed by atoms with Crippen molar-refractivity contribution < 1.29 is 18.7 Å². The van der Waals surface area contributed by atoms with Crippen molar-refractivity contribution in [1.29, 1.82) is 0 Å². The second kappa shape index (κ2) is 6.04. The normalized spacial score (nSPS) is 10.3. The van der Waals surface area contributed by atoms with E-state index in [-0.39, 0.29) is 6.54 Å². The van der Waals surface area contributed by atoms with Crippen LogP contribution < -0.4 is 0 Å². The molecule has 0 radical (unpaired) electrons. The van der Waals surface area contributed by atoms with Gasteiger partial charge in [-0.25, -0.2) is 9.18 Å². The molecule has 0 N–H and O–H groups in total. The molecule has 0 fully saturated rings. The molecule has 0 rings (SSSR count). The molecule has 0 atom stereocenters. The van der Waals surface area contributed by atoms with Gasteiger partial charge in [-0.1, -0.05) is 12.5 Å². The monoisotopic (exact) mass is 241 g/mol. The highest BCUT2D eigenvalue weighted by Crippen LogP contribution is 2.13. The van der Waals surface area contributed by atoms with E-state index in [4.69, 9.17) is 6.42 Å². The SMILES string of the molecule is C#CCN(C(=O)C(=O)OCC(=C)F)C(C)(C)C. The third-order valence-corrected chi connectivity index (χ3v) is 1.84. The summed E-state index contributed by atoms with van der Waals surface area (Å²) in [6.07, 6.45) is 5.12. The van der Waals surface area contributed by atoms with Gasteiger partial charge in [0.15, 0.2) is 0 Å². The van der Waals surface area contributed by atoms with E-state index in [9.17, 15) is 14.0 Å². The number of carbonyl (C=O) groups excluding carboxylic acids is 2. The van der Waals surface area contributed by atoms with Crippen molar-refractivity contribution in [1.82, 2.24) is 4.90 Å². The molecule has 17 heavy (non-hydrogen) atoms. The summed E-state index contributed by atoms with van der Waals surface area (Å²) in [5, 5.41) is 0. The zero-order valence-corrected chi connectivity index (χ0v) is 10.2. The van der Waals surface area contributed by atoms with Crippen LogP contribution in [0.25, 0.3) is 0 Å². The van der Waals surface area contributed by atoms with Gasteiger partial charge in [0.25, 0.3) is 0 Å². The Labute approximate surface area is 100 Å². The lowest BCUT2D eigenvalue weighted by Crippen LogP contribution is -2.49. The first-order valence-corrected chi connectivity index (χ1v) is 4.95. The van der Waals surface area contributed by atoms with Crippen LogP contribution >= 0.6 is 0 Å². The van der Waals surface area contributed by atoms with Crippen LogP contribution in [0.15, 0.2) is 12.4 Å². The van der Waals surface area contributed by atoms with Crippen molar-refractivity contribution >= 4 is 11.9 Å². The molecule has 0 aromatic carbocycles. The molecule has 0 spiro atoms. The fraction of sp³-hybridized carbons (Fsp3) is 0.500. The van der Waals surface area contributed by atoms with E-state index in [2.05, 4.69) is 17.2 Å². The molecule has 0 aromatic heterocycles. The molecular formula is C12H16FNO3. The predicted molar refractivity (Wildman–Crippen MR) is 61.5 cm³/mol. The van der Waals surface area contributed by atoms with Crippen molar-refractivity contribution in [2.75, 3.05) is 13.2 Å². The second-order valence-electron chi connectivity index (χ2n) is 4.36. The number of hydrogen-bond acceptors (Lipinski definition) is 3. The van der Waals surface area contributed by atoms with E-state index in [1.54, 1.807) is 20.8 Å². The highest BCUT2D eigenvalue weighted by molar-refractivity contribution is 6.32. The second-order valence-corrected chi connectivity index (χ2v) is 4.36. The minimum Gasteiger partial charge on any atom is -0.451 e. The molecule has 0 unspecified atom stereocenters. The average Bonchev–Trinajstić information content (AvgIpc) is 2.19. The molecule has 94 valence electrons. The molecule has 0 saturated carbocycles. The zero-order chi connectivity index (χ0) is 13.6. The third-order valence-electron chi connectivity index (χ3n) is 1.84.